The van der Waals surface area contributed by atoms with E-state index in [9.17, 15) is 4.79 Å². The summed E-state index contributed by atoms with van der Waals surface area (Å²) in [6.07, 6.45) is 1.57. The second-order valence-electron chi connectivity index (χ2n) is 8.08. The van der Waals surface area contributed by atoms with Gasteiger partial charge in [0.15, 0.2) is 11.0 Å². The van der Waals surface area contributed by atoms with Gasteiger partial charge >= 0.3 is 0 Å². The predicted molar refractivity (Wildman–Crippen MR) is 151 cm³/mol. The predicted octanol–water partition coefficient (Wildman–Crippen LogP) is 5.93. The second kappa shape index (κ2) is 11.7. The molecule has 9 heteroatoms. The van der Waals surface area contributed by atoms with Crippen molar-refractivity contribution in [2.75, 3.05) is 11.1 Å². The number of nitrogens with one attached hydrogen (secondary N) is 2. The average molecular weight is 527 g/mol. The molecule has 0 fully saturated rings. The molecular weight excluding hydrogens is 504 g/mol. The fourth-order valence-corrected chi connectivity index (χ4v) is 4.68. The largest absolute Gasteiger partial charge is 0.377 e. The lowest BCUT2D eigenvalue weighted by molar-refractivity contribution is -0.118. The number of anilines is 1. The van der Waals surface area contributed by atoms with Crippen molar-refractivity contribution in [3.8, 4) is 5.69 Å². The van der Waals surface area contributed by atoms with Crippen LogP contribution >= 0.6 is 23.4 Å². The van der Waals surface area contributed by atoms with Gasteiger partial charge in [-0.15, -0.1) is 10.2 Å². The van der Waals surface area contributed by atoms with E-state index in [1.54, 1.807) is 18.3 Å². The van der Waals surface area contributed by atoms with E-state index >= 15 is 0 Å². The number of rotatable bonds is 9. The minimum atomic E-state index is -0.242. The van der Waals surface area contributed by atoms with Crippen LogP contribution in [0.3, 0.4) is 0 Å². The van der Waals surface area contributed by atoms with Crippen molar-refractivity contribution in [2.24, 2.45) is 5.10 Å². The van der Waals surface area contributed by atoms with Crippen molar-refractivity contribution in [3.05, 3.63) is 113 Å². The van der Waals surface area contributed by atoms with E-state index in [4.69, 9.17) is 11.6 Å². The van der Waals surface area contributed by atoms with Crippen molar-refractivity contribution >= 4 is 51.9 Å². The average Bonchev–Trinajstić information content (AvgIpc) is 3.35. The summed E-state index contributed by atoms with van der Waals surface area (Å²) in [5.74, 6) is 0.635. The van der Waals surface area contributed by atoms with Gasteiger partial charge in [-0.2, -0.15) is 5.10 Å². The molecule has 1 aromatic heterocycles. The highest BCUT2D eigenvalue weighted by Gasteiger charge is 2.16. The van der Waals surface area contributed by atoms with Crippen LogP contribution in [0.25, 0.3) is 16.5 Å². The Morgan fingerprint density at radius 1 is 0.919 bits per heavy atom. The molecule has 0 spiro atoms. The van der Waals surface area contributed by atoms with Gasteiger partial charge < -0.3 is 5.32 Å². The van der Waals surface area contributed by atoms with Crippen LogP contribution in [0.15, 0.2) is 107 Å². The molecule has 0 radical (unpaired) electrons. The highest BCUT2D eigenvalue weighted by Crippen LogP contribution is 2.25. The van der Waals surface area contributed by atoms with Crippen molar-refractivity contribution in [3.63, 3.8) is 0 Å². The number of carbonyl (C=O) groups excluding carboxylic acids is 1. The maximum atomic E-state index is 12.4. The third-order valence-corrected chi connectivity index (χ3v) is 6.73. The number of hydrogen-bond acceptors (Lipinski definition) is 6. The summed E-state index contributed by atoms with van der Waals surface area (Å²) in [6.45, 7) is 0.466. The van der Waals surface area contributed by atoms with Crippen LogP contribution in [-0.2, 0) is 11.3 Å². The van der Waals surface area contributed by atoms with E-state index < -0.39 is 0 Å². The Labute approximate surface area is 223 Å². The van der Waals surface area contributed by atoms with Crippen molar-refractivity contribution in [2.45, 2.75) is 11.7 Å². The number of benzene rings is 4. The number of thioether (sulfide) groups is 1. The fraction of sp³-hybridized carbons (Fsp3) is 0.0714. The first-order chi connectivity index (χ1) is 18.2. The smallest absolute Gasteiger partial charge is 0.250 e. The molecule has 0 bridgehead atoms. The van der Waals surface area contributed by atoms with Gasteiger partial charge in [-0.3, -0.25) is 9.36 Å². The molecule has 5 rings (SSSR count). The zero-order chi connectivity index (χ0) is 25.5. The number of aromatic nitrogens is 3. The first kappa shape index (κ1) is 24.5. The number of fused-ring (bicyclic) bond motifs is 1. The molecule has 184 valence electrons. The lowest BCUT2D eigenvalue weighted by atomic mass is 10.1. The molecule has 5 aromatic rings. The van der Waals surface area contributed by atoms with Crippen LogP contribution in [0.5, 0.6) is 0 Å². The monoisotopic (exact) mass is 526 g/mol. The van der Waals surface area contributed by atoms with Gasteiger partial charge in [0.1, 0.15) is 0 Å². The Hall–Kier alpha value is -4.14. The number of hydrazone groups is 1. The molecule has 0 unspecified atom stereocenters. The first-order valence-electron chi connectivity index (χ1n) is 11.6. The number of hydrogen-bond donors (Lipinski definition) is 2. The Balaban J connectivity index is 1.29. The van der Waals surface area contributed by atoms with Crippen LogP contribution in [0, 0.1) is 0 Å². The van der Waals surface area contributed by atoms with Gasteiger partial charge in [-0.1, -0.05) is 90.1 Å². The number of carbonyl (C=O) groups is 1. The van der Waals surface area contributed by atoms with Crippen LogP contribution in [0.1, 0.15) is 11.4 Å². The molecule has 0 atom stereocenters. The molecule has 37 heavy (non-hydrogen) atoms. The summed E-state index contributed by atoms with van der Waals surface area (Å²) in [5, 5.41) is 19.9. The van der Waals surface area contributed by atoms with Crippen molar-refractivity contribution < 1.29 is 4.79 Å². The maximum Gasteiger partial charge on any atom is 0.250 e. The molecule has 4 aromatic carbocycles. The normalized spacial score (nSPS) is 11.2. The zero-order valence-corrected chi connectivity index (χ0v) is 21.3. The summed E-state index contributed by atoms with van der Waals surface area (Å²) in [5.41, 5.74) is 5.33. The fourth-order valence-electron chi connectivity index (χ4n) is 3.79. The van der Waals surface area contributed by atoms with E-state index in [0.29, 0.717) is 16.7 Å². The van der Waals surface area contributed by atoms with Crippen molar-refractivity contribution in [1.82, 2.24) is 20.2 Å². The maximum absolute atomic E-state index is 12.4. The molecule has 1 heterocycles. The topological polar surface area (TPSA) is 84.2 Å². The lowest BCUT2D eigenvalue weighted by Gasteiger charge is -2.12. The van der Waals surface area contributed by atoms with Gasteiger partial charge in [0.05, 0.1) is 18.5 Å². The van der Waals surface area contributed by atoms with E-state index in [1.807, 2.05) is 65.2 Å². The molecule has 0 saturated heterocycles. The molecular formula is C28H23ClN6OS. The standard InChI is InChI=1S/C28H23ClN6OS/c29-22-15-13-20(14-16-22)17-31-33-27(36)19-37-28-34-32-26(35(28)23-9-2-1-3-10-23)18-30-25-12-6-8-21-7-4-5-11-24(21)25/h1-17,30H,18-19H2,(H,33,36). The summed E-state index contributed by atoms with van der Waals surface area (Å²) in [4.78, 5) is 12.4. The minimum absolute atomic E-state index is 0.139. The van der Waals surface area contributed by atoms with E-state index in [-0.39, 0.29) is 11.7 Å². The summed E-state index contributed by atoms with van der Waals surface area (Å²) in [6, 6.07) is 31.5. The highest BCUT2D eigenvalue weighted by atomic mass is 35.5. The number of amides is 1. The molecule has 0 aliphatic carbocycles. The van der Waals surface area contributed by atoms with E-state index in [0.717, 1.165) is 33.5 Å². The van der Waals surface area contributed by atoms with E-state index in [1.165, 1.54) is 11.8 Å². The second-order valence-corrected chi connectivity index (χ2v) is 9.46. The van der Waals surface area contributed by atoms with Gasteiger partial charge in [-0.25, -0.2) is 5.43 Å². The summed E-state index contributed by atoms with van der Waals surface area (Å²) < 4.78 is 1.97. The molecule has 7 nitrogen and oxygen atoms in total. The van der Waals surface area contributed by atoms with Gasteiger partial charge in [0.25, 0.3) is 5.91 Å². The van der Waals surface area contributed by atoms with Crippen LogP contribution in [-0.4, -0.2) is 32.6 Å². The first-order valence-corrected chi connectivity index (χ1v) is 13.0. The molecule has 2 N–H and O–H groups in total. The zero-order valence-electron chi connectivity index (χ0n) is 19.7. The molecule has 0 aliphatic heterocycles. The quantitative estimate of drug-likeness (QED) is 0.141. The summed E-state index contributed by atoms with van der Waals surface area (Å²) >= 11 is 7.20. The molecule has 0 saturated carbocycles. The molecule has 1 amide bonds. The summed E-state index contributed by atoms with van der Waals surface area (Å²) in [7, 11) is 0. The van der Waals surface area contributed by atoms with E-state index in [2.05, 4.69) is 50.3 Å². The van der Waals surface area contributed by atoms with Crippen LogP contribution in [0.2, 0.25) is 5.02 Å². The Morgan fingerprint density at radius 3 is 2.51 bits per heavy atom. The number of nitrogens with zero attached hydrogens (tertiary/aromatic N) is 4. The Kier molecular flexibility index (Phi) is 7.78. The van der Waals surface area contributed by atoms with Gasteiger partial charge in [0.2, 0.25) is 0 Å². The van der Waals surface area contributed by atoms with Crippen LogP contribution in [0.4, 0.5) is 5.69 Å². The van der Waals surface area contributed by atoms with Gasteiger partial charge in [0, 0.05) is 21.8 Å². The third kappa shape index (κ3) is 6.17. The lowest BCUT2D eigenvalue weighted by Crippen LogP contribution is -2.20. The van der Waals surface area contributed by atoms with Gasteiger partial charge in [-0.05, 0) is 41.3 Å². The number of halogens is 1. The van der Waals surface area contributed by atoms with Crippen molar-refractivity contribution in [1.29, 1.82) is 0 Å². The third-order valence-electron chi connectivity index (χ3n) is 5.55. The minimum Gasteiger partial charge on any atom is -0.377 e. The Bertz CT molecular complexity index is 1530. The Morgan fingerprint density at radius 2 is 1.68 bits per heavy atom. The van der Waals surface area contributed by atoms with Crippen LogP contribution < -0.4 is 10.7 Å². The molecule has 0 aliphatic rings. The highest BCUT2D eigenvalue weighted by molar-refractivity contribution is 7.99. The SMILES string of the molecule is O=C(CSc1nnc(CNc2cccc3ccccc23)n1-c1ccccc1)NN=Cc1ccc(Cl)cc1. The number of para-hydroxylation sites is 1.